The minimum atomic E-state index is 0.111. The van der Waals surface area contributed by atoms with E-state index in [1.807, 2.05) is 12.1 Å². The van der Waals surface area contributed by atoms with E-state index in [0.717, 1.165) is 12.1 Å². The van der Waals surface area contributed by atoms with E-state index < -0.39 is 0 Å². The first kappa shape index (κ1) is 10.5. The molecule has 1 aliphatic rings. The first-order valence-corrected chi connectivity index (χ1v) is 5.73. The molecule has 1 unspecified atom stereocenters. The second-order valence-corrected chi connectivity index (χ2v) is 4.39. The molecule has 3 heteroatoms. The Morgan fingerprint density at radius 2 is 2.33 bits per heavy atom. The van der Waals surface area contributed by atoms with Crippen LogP contribution >= 0.6 is 11.6 Å². The quantitative estimate of drug-likeness (QED) is 0.768. The predicted molar refractivity (Wildman–Crippen MR) is 62.5 cm³/mol. The van der Waals surface area contributed by atoms with Gasteiger partial charge < -0.3 is 5.32 Å². The molecule has 0 spiro atoms. The monoisotopic (exact) mass is 223 g/mol. The summed E-state index contributed by atoms with van der Waals surface area (Å²) >= 11 is 5.71. The molecular weight excluding hydrogens is 210 g/mol. The number of amides is 1. The van der Waals surface area contributed by atoms with E-state index >= 15 is 0 Å². The van der Waals surface area contributed by atoms with Gasteiger partial charge in [0.25, 0.3) is 0 Å². The van der Waals surface area contributed by atoms with Crippen LogP contribution in [0.15, 0.2) is 18.2 Å². The zero-order valence-electron chi connectivity index (χ0n) is 8.72. The average Bonchev–Trinajstić information content (AvgIpc) is 2.19. The number of rotatable bonds is 2. The van der Waals surface area contributed by atoms with Gasteiger partial charge in [-0.1, -0.05) is 19.1 Å². The summed E-state index contributed by atoms with van der Waals surface area (Å²) in [5, 5.41) is 2.89. The molecule has 1 N–H and O–H groups in total. The van der Waals surface area contributed by atoms with E-state index in [1.54, 1.807) is 0 Å². The second kappa shape index (κ2) is 4.23. The topological polar surface area (TPSA) is 29.1 Å². The van der Waals surface area contributed by atoms with Gasteiger partial charge in [-0.05, 0) is 29.5 Å². The number of nitrogens with one attached hydrogen (secondary N) is 1. The van der Waals surface area contributed by atoms with Gasteiger partial charge >= 0.3 is 0 Å². The Kier molecular flexibility index (Phi) is 2.96. The van der Waals surface area contributed by atoms with Gasteiger partial charge in [0, 0.05) is 18.0 Å². The molecule has 1 aromatic rings. The lowest BCUT2D eigenvalue weighted by Crippen LogP contribution is -2.21. The molecule has 0 aromatic heterocycles. The van der Waals surface area contributed by atoms with Crippen molar-refractivity contribution in [2.45, 2.75) is 25.7 Å². The Labute approximate surface area is 94.6 Å². The van der Waals surface area contributed by atoms with Crippen LogP contribution in [-0.2, 0) is 11.2 Å². The Balaban J connectivity index is 2.34. The summed E-state index contributed by atoms with van der Waals surface area (Å²) in [5.74, 6) is 1.06. The Bertz CT molecular complexity index is 389. The Morgan fingerprint density at radius 3 is 3.07 bits per heavy atom. The van der Waals surface area contributed by atoms with Crippen LogP contribution in [0.25, 0.3) is 0 Å². The maximum Gasteiger partial charge on any atom is 0.224 e. The van der Waals surface area contributed by atoms with Crippen LogP contribution in [0.4, 0.5) is 5.69 Å². The van der Waals surface area contributed by atoms with E-state index in [4.69, 9.17) is 11.6 Å². The summed E-state index contributed by atoms with van der Waals surface area (Å²) in [6.07, 6.45) is 1.47. The molecule has 0 radical (unpaired) electrons. The van der Waals surface area contributed by atoms with Crippen LogP contribution in [-0.4, -0.2) is 11.8 Å². The van der Waals surface area contributed by atoms with Gasteiger partial charge in [0.1, 0.15) is 0 Å². The largest absolute Gasteiger partial charge is 0.326 e. The summed E-state index contributed by atoms with van der Waals surface area (Å²) in [6, 6.07) is 6.16. The lowest BCUT2D eigenvalue weighted by Gasteiger charge is -2.23. The summed E-state index contributed by atoms with van der Waals surface area (Å²) in [7, 11) is 0. The highest BCUT2D eigenvalue weighted by Crippen LogP contribution is 2.32. The van der Waals surface area contributed by atoms with Crippen molar-refractivity contribution in [1.82, 2.24) is 0 Å². The number of hydrogen-bond acceptors (Lipinski definition) is 1. The summed E-state index contributed by atoms with van der Waals surface area (Å²) < 4.78 is 0. The fourth-order valence-corrected chi connectivity index (χ4v) is 2.21. The maximum atomic E-state index is 11.3. The summed E-state index contributed by atoms with van der Waals surface area (Å²) in [5.41, 5.74) is 3.43. The highest BCUT2D eigenvalue weighted by molar-refractivity contribution is 6.18. The number of anilines is 1. The van der Waals surface area contributed by atoms with Crippen LogP contribution < -0.4 is 5.32 Å². The van der Waals surface area contributed by atoms with Gasteiger partial charge in [-0.2, -0.15) is 0 Å². The lowest BCUT2D eigenvalue weighted by molar-refractivity contribution is -0.116. The van der Waals surface area contributed by atoms with E-state index in [2.05, 4.69) is 18.3 Å². The fourth-order valence-electron chi connectivity index (χ4n) is 1.99. The van der Waals surface area contributed by atoms with Gasteiger partial charge in [0.15, 0.2) is 0 Å². The van der Waals surface area contributed by atoms with Crippen LogP contribution in [0.2, 0.25) is 0 Å². The summed E-state index contributed by atoms with van der Waals surface area (Å²) in [6.45, 7) is 2.09. The molecule has 80 valence electrons. The van der Waals surface area contributed by atoms with Crippen molar-refractivity contribution in [3.05, 3.63) is 29.3 Å². The molecular formula is C12H14ClNO. The molecule has 0 bridgehead atoms. The van der Waals surface area contributed by atoms with Gasteiger partial charge in [0.2, 0.25) is 5.91 Å². The van der Waals surface area contributed by atoms with E-state index in [9.17, 15) is 4.79 Å². The third-order valence-corrected chi connectivity index (χ3v) is 2.98. The first-order chi connectivity index (χ1) is 7.20. The molecule has 2 nitrogen and oxygen atoms in total. The molecule has 1 atom stereocenters. The Morgan fingerprint density at radius 1 is 1.53 bits per heavy atom. The molecule has 0 fully saturated rings. The fraction of sp³-hybridized carbons (Fsp3) is 0.417. The minimum absolute atomic E-state index is 0.111. The standard InChI is InChI=1S/C12H14ClNO/c1-8-6-12(15)14-11-3-2-9(4-5-13)7-10(8)11/h2-3,7-8H,4-6H2,1H3,(H,14,15). The number of hydrogen-bond donors (Lipinski definition) is 1. The average molecular weight is 224 g/mol. The molecule has 15 heavy (non-hydrogen) atoms. The van der Waals surface area contributed by atoms with Crippen molar-refractivity contribution >= 4 is 23.2 Å². The number of carbonyl (C=O) groups excluding carboxylic acids is 1. The van der Waals surface area contributed by atoms with Gasteiger partial charge in [0.05, 0.1) is 0 Å². The van der Waals surface area contributed by atoms with Crippen molar-refractivity contribution in [3.63, 3.8) is 0 Å². The second-order valence-electron chi connectivity index (χ2n) is 4.01. The van der Waals surface area contributed by atoms with Gasteiger partial charge in [-0.25, -0.2) is 0 Å². The van der Waals surface area contributed by atoms with Crippen LogP contribution in [0.5, 0.6) is 0 Å². The molecule has 1 aliphatic heterocycles. The van der Waals surface area contributed by atoms with Crippen molar-refractivity contribution in [3.8, 4) is 0 Å². The molecule has 0 saturated carbocycles. The summed E-state index contributed by atoms with van der Waals surface area (Å²) in [4.78, 5) is 11.3. The van der Waals surface area contributed by atoms with Crippen molar-refractivity contribution in [1.29, 1.82) is 0 Å². The molecule has 0 aliphatic carbocycles. The Hall–Kier alpha value is -1.02. The van der Waals surface area contributed by atoms with Crippen molar-refractivity contribution in [2.75, 3.05) is 11.2 Å². The number of fused-ring (bicyclic) bond motifs is 1. The van der Waals surface area contributed by atoms with Crippen molar-refractivity contribution < 1.29 is 4.79 Å². The van der Waals surface area contributed by atoms with Crippen LogP contribution in [0.3, 0.4) is 0 Å². The highest BCUT2D eigenvalue weighted by atomic mass is 35.5. The number of carbonyl (C=O) groups is 1. The van der Waals surface area contributed by atoms with E-state index in [0.29, 0.717) is 18.2 Å². The van der Waals surface area contributed by atoms with Crippen molar-refractivity contribution in [2.24, 2.45) is 0 Å². The maximum absolute atomic E-state index is 11.3. The number of halogens is 1. The van der Waals surface area contributed by atoms with Crippen LogP contribution in [0.1, 0.15) is 30.4 Å². The third-order valence-electron chi connectivity index (χ3n) is 2.80. The SMILES string of the molecule is CC1CC(=O)Nc2ccc(CCCl)cc21. The predicted octanol–water partition coefficient (Wildman–Crippen LogP) is 2.91. The van der Waals surface area contributed by atoms with Gasteiger partial charge in [-0.3, -0.25) is 4.79 Å². The number of aryl methyl sites for hydroxylation is 1. The smallest absolute Gasteiger partial charge is 0.224 e. The third kappa shape index (κ3) is 2.15. The lowest BCUT2D eigenvalue weighted by atomic mass is 9.90. The zero-order chi connectivity index (χ0) is 10.8. The van der Waals surface area contributed by atoms with Gasteiger partial charge in [-0.15, -0.1) is 11.6 Å². The molecule has 2 rings (SSSR count). The number of benzene rings is 1. The number of alkyl halides is 1. The molecule has 1 amide bonds. The highest BCUT2D eigenvalue weighted by Gasteiger charge is 2.21. The van der Waals surface area contributed by atoms with E-state index in [1.165, 1.54) is 11.1 Å². The molecule has 1 aromatic carbocycles. The first-order valence-electron chi connectivity index (χ1n) is 5.19. The molecule has 1 heterocycles. The zero-order valence-corrected chi connectivity index (χ0v) is 9.47. The van der Waals surface area contributed by atoms with E-state index in [-0.39, 0.29) is 5.91 Å². The molecule has 0 saturated heterocycles. The minimum Gasteiger partial charge on any atom is -0.326 e. The normalized spacial score (nSPS) is 19.6. The van der Waals surface area contributed by atoms with Crippen LogP contribution in [0, 0.1) is 0 Å².